The van der Waals surface area contributed by atoms with Gasteiger partial charge < -0.3 is 15.0 Å². The average molecular weight is 396 g/mol. The van der Waals surface area contributed by atoms with Gasteiger partial charge in [0.25, 0.3) is 5.91 Å². The molecule has 1 heterocycles. The molecular formula is C21H15ClFN3O2. The minimum atomic E-state index is -0.519. The summed E-state index contributed by atoms with van der Waals surface area (Å²) in [6, 6.07) is 18.6. The molecule has 0 radical (unpaired) electrons. The number of para-hydroxylation sites is 3. The predicted molar refractivity (Wildman–Crippen MR) is 107 cm³/mol. The zero-order valence-corrected chi connectivity index (χ0v) is 15.3. The Balaban J connectivity index is 1.50. The van der Waals surface area contributed by atoms with Crippen LogP contribution in [0.25, 0.3) is 22.4 Å². The van der Waals surface area contributed by atoms with Crippen molar-refractivity contribution in [2.24, 2.45) is 0 Å². The zero-order chi connectivity index (χ0) is 19.5. The van der Waals surface area contributed by atoms with E-state index < -0.39 is 11.7 Å². The molecule has 0 bridgehead atoms. The highest BCUT2D eigenvalue weighted by molar-refractivity contribution is 6.33. The molecule has 0 saturated heterocycles. The van der Waals surface area contributed by atoms with Crippen molar-refractivity contribution in [1.82, 2.24) is 9.97 Å². The number of hydrogen-bond donors (Lipinski definition) is 2. The highest BCUT2D eigenvalue weighted by atomic mass is 35.5. The number of aromatic amines is 1. The molecule has 5 nitrogen and oxygen atoms in total. The molecule has 0 aliphatic heterocycles. The van der Waals surface area contributed by atoms with Crippen molar-refractivity contribution in [3.05, 3.63) is 77.6 Å². The Morgan fingerprint density at radius 3 is 2.71 bits per heavy atom. The number of amides is 1. The number of H-pyrrole nitrogens is 1. The molecular weight excluding hydrogens is 381 g/mol. The minimum absolute atomic E-state index is 0.0247. The summed E-state index contributed by atoms with van der Waals surface area (Å²) >= 11 is 6.31. The van der Waals surface area contributed by atoms with Crippen LogP contribution in [0, 0.1) is 5.82 Å². The lowest BCUT2D eigenvalue weighted by atomic mass is 10.2. The number of benzene rings is 3. The quantitative estimate of drug-likeness (QED) is 0.497. The van der Waals surface area contributed by atoms with E-state index in [1.807, 2.05) is 24.3 Å². The molecule has 0 saturated carbocycles. The molecule has 0 aliphatic carbocycles. The van der Waals surface area contributed by atoms with Crippen LogP contribution in [-0.2, 0) is 4.79 Å². The molecule has 0 fully saturated rings. The highest BCUT2D eigenvalue weighted by Gasteiger charge is 2.12. The summed E-state index contributed by atoms with van der Waals surface area (Å²) < 4.78 is 18.8. The summed E-state index contributed by atoms with van der Waals surface area (Å²) in [7, 11) is 0. The van der Waals surface area contributed by atoms with Crippen LogP contribution in [-0.4, -0.2) is 22.5 Å². The molecule has 2 N–H and O–H groups in total. The van der Waals surface area contributed by atoms with Crippen LogP contribution in [0.3, 0.4) is 0 Å². The topological polar surface area (TPSA) is 67.0 Å². The van der Waals surface area contributed by atoms with Crippen molar-refractivity contribution in [2.75, 3.05) is 11.9 Å². The standard InChI is InChI=1S/C21H15ClFN3O2/c22-15-10-9-13(24-20(27)12-28-19-8-4-1-5-16(19)23)11-14(15)21-25-17-6-2-3-7-18(17)26-21/h1-11H,12H2,(H,24,27)(H,25,26). The van der Waals surface area contributed by atoms with Crippen LogP contribution in [0.4, 0.5) is 10.1 Å². The van der Waals surface area contributed by atoms with Crippen LogP contribution in [0.2, 0.25) is 5.02 Å². The molecule has 4 aromatic rings. The first kappa shape index (κ1) is 18.0. The third kappa shape index (κ3) is 3.82. The number of nitrogens with one attached hydrogen (secondary N) is 2. The number of fused-ring (bicyclic) bond motifs is 1. The summed E-state index contributed by atoms with van der Waals surface area (Å²) in [6.45, 7) is -0.316. The maximum Gasteiger partial charge on any atom is 0.262 e. The Bertz CT molecular complexity index is 1130. The highest BCUT2D eigenvalue weighted by Crippen LogP contribution is 2.30. The number of halogens is 2. The molecule has 0 spiro atoms. The fourth-order valence-corrected chi connectivity index (χ4v) is 2.97. The second-order valence-corrected chi connectivity index (χ2v) is 6.47. The van der Waals surface area contributed by atoms with Gasteiger partial charge in [0.2, 0.25) is 0 Å². The van der Waals surface area contributed by atoms with Gasteiger partial charge in [-0.15, -0.1) is 0 Å². The monoisotopic (exact) mass is 395 g/mol. The number of ether oxygens (including phenoxy) is 1. The second-order valence-electron chi connectivity index (χ2n) is 6.06. The lowest BCUT2D eigenvalue weighted by Crippen LogP contribution is -2.20. The Morgan fingerprint density at radius 1 is 1.11 bits per heavy atom. The number of imidazole rings is 1. The van der Waals surface area contributed by atoms with Crippen molar-refractivity contribution in [1.29, 1.82) is 0 Å². The van der Waals surface area contributed by atoms with E-state index in [0.29, 0.717) is 22.1 Å². The molecule has 0 aliphatic rings. The van der Waals surface area contributed by atoms with Crippen LogP contribution >= 0.6 is 11.6 Å². The minimum Gasteiger partial charge on any atom is -0.481 e. The van der Waals surface area contributed by atoms with E-state index in [4.69, 9.17) is 16.3 Å². The molecule has 4 rings (SSSR count). The first-order valence-electron chi connectivity index (χ1n) is 8.52. The normalized spacial score (nSPS) is 10.8. The van der Waals surface area contributed by atoms with Crippen molar-refractivity contribution >= 4 is 34.2 Å². The first-order chi connectivity index (χ1) is 13.6. The van der Waals surface area contributed by atoms with E-state index in [1.54, 1.807) is 30.3 Å². The third-order valence-electron chi connectivity index (χ3n) is 4.09. The Kier molecular flexibility index (Phi) is 4.95. The Labute approximate surface area is 165 Å². The van der Waals surface area contributed by atoms with Crippen molar-refractivity contribution in [3.63, 3.8) is 0 Å². The van der Waals surface area contributed by atoms with E-state index in [0.717, 1.165) is 11.0 Å². The number of hydrogen-bond acceptors (Lipinski definition) is 3. The van der Waals surface area contributed by atoms with Gasteiger partial charge in [-0.05, 0) is 42.5 Å². The van der Waals surface area contributed by atoms with Crippen LogP contribution in [0.1, 0.15) is 0 Å². The lowest BCUT2D eigenvalue weighted by Gasteiger charge is -2.09. The largest absolute Gasteiger partial charge is 0.481 e. The number of carbonyl (C=O) groups is 1. The summed E-state index contributed by atoms with van der Waals surface area (Å²) in [5.74, 6) is -0.309. The Morgan fingerprint density at radius 2 is 1.89 bits per heavy atom. The van der Waals surface area contributed by atoms with Gasteiger partial charge in [-0.1, -0.05) is 35.9 Å². The van der Waals surface area contributed by atoms with Crippen molar-refractivity contribution < 1.29 is 13.9 Å². The Hall–Kier alpha value is -3.38. The van der Waals surface area contributed by atoms with Crippen LogP contribution < -0.4 is 10.1 Å². The van der Waals surface area contributed by atoms with E-state index in [2.05, 4.69) is 15.3 Å². The fourth-order valence-electron chi connectivity index (χ4n) is 2.77. The van der Waals surface area contributed by atoms with Crippen LogP contribution in [0.5, 0.6) is 5.75 Å². The first-order valence-corrected chi connectivity index (χ1v) is 8.90. The SMILES string of the molecule is O=C(COc1ccccc1F)Nc1ccc(Cl)c(-c2nc3ccccc3[nH]2)c1. The number of aromatic nitrogens is 2. The second kappa shape index (κ2) is 7.70. The lowest BCUT2D eigenvalue weighted by molar-refractivity contribution is -0.118. The smallest absolute Gasteiger partial charge is 0.262 e. The molecule has 140 valence electrons. The van der Waals surface area contributed by atoms with Gasteiger partial charge in [-0.2, -0.15) is 0 Å². The number of carbonyl (C=O) groups excluding carboxylic acids is 1. The predicted octanol–water partition coefficient (Wildman–Crippen LogP) is 5.04. The van der Waals surface area contributed by atoms with Gasteiger partial charge in [0.1, 0.15) is 5.82 Å². The molecule has 7 heteroatoms. The third-order valence-corrected chi connectivity index (χ3v) is 4.42. The summed E-state index contributed by atoms with van der Waals surface area (Å²) in [4.78, 5) is 19.9. The van der Waals surface area contributed by atoms with Gasteiger partial charge >= 0.3 is 0 Å². The van der Waals surface area contributed by atoms with Crippen molar-refractivity contribution in [3.8, 4) is 17.1 Å². The molecule has 3 aromatic carbocycles. The van der Waals surface area contributed by atoms with Crippen molar-refractivity contribution in [2.45, 2.75) is 0 Å². The van der Waals surface area contributed by atoms with Gasteiger partial charge in [0.05, 0.1) is 16.1 Å². The average Bonchev–Trinajstić information content (AvgIpc) is 3.13. The van der Waals surface area contributed by atoms with Gasteiger partial charge in [0, 0.05) is 11.3 Å². The maximum absolute atomic E-state index is 13.6. The number of anilines is 1. The zero-order valence-electron chi connectivity index (χ0n) is 14.6. The molecule has 1 aromatic heterocycles. The number of rotatable bonds is 5. The van der Waals surface area contributed by atoms with Gasteiger partial charge in [0.15, 0.2) is 18.2 Å². The van der Waals surface area contributed by atoms with E-state index in [1.165, 1.54) is 12.1 Å². The van der Waals surface area contributed by atoms with Gasteiger partial charge in [-0.25, -0.2) is 9.37 Å². The van der Waals surface area contributed by atoms with Gasteiger partial charge in [-0.3, -0.25) is 4.79 Å². The molecule has 1 amide bonds. The van der Waals surface area contributed by atoms with E-state index >= 15 is 0 Å². The number of nitrogens with zero attached hydrogens (tertiary/aromatic N) is 1. The maximum atomic E-state index is 13.6. The summed E-state index contributed by atoms with van der Waals surface area (Å²) in [5, 5.41) is 3.22. The molecule has 0 unspecified atom stereocenters. The fraction of sp³-hybridized carbons (Fsp3) is 0.0476. The van der Waals surface area contributed by atoms with E-state index in [9.17, 15) is 9.18 Å². The molecule has 28 heavy (non-hydrogen) atoms. The van der Waals surface area contributed by atoms with Crippen LogP contribution in [0.15, 0.2) is 66.7 Å². The van der Waals surface area contributed by atoms with E-state index in [-0.39, 0.29) is 12.4 Å². The molecule has 0 atom stereocenters. The summed E-state index contributed by atoms with van der Waals surface area (Å²) in [5.41, 5.74) is 2.90. The summed E-state index contributed by atoms with van der Waals surface area (Å²) in [6.07, 6.45) is 0.